The Labute approximate surface area is 125 Å². The largest absolute Gasteiger partial charge is 0.506 e. The molecule has 0 bridgehead atoms. The van der Waals surface area contributed by atoms with Crippen molar-refractivity contribution in [1.29, 1.82) is 0 Å². The minimum atomic E-state index is -0.869. The van der Waals surface area contributed by atoms with Crippen molar-refractivity contribution in [3.05, 3.63) is 48.8 Å². The number of phenols is 1. The molecule has 1 heterocycles. The molecule has 0 radical (unpaired) electrons. The molecule has 0 aliphatic heterocycles. The Bertz CT molecular complexity index is 857. The Kier molecular flexibility index (Phi) is 3.45. The number of nitrogens with one attached hydrogen (secondary N) is 3. The highest BCUT2D eigenvalue weighted by molar-refractivity contribution is 6.43. The van der Waals surface area contributed by atoms with Crippen LogP contribution in [-0.2, 0) is 9.59 Å². The summed E-state index contributed by atoms with van der Waals surface area (Å²) in [6, 6.07) is 11.2. The Morgan fingerprint density at radius 3 is 2.64 bits per heavy atom. The Hall–Kier alpha value is -3.35. The van der Waals surface area contributed by atoms with E-state index in [4.69, 9.17) is 0 Å². The van der Waals surface area contributed by atoms with Crippen molar-refractivity contribution in [2.24, 2.45) is 0 Å². The number of rotatable bonds is 2. The Morgan fingerprint density at radius 2 is 1.82 bits per heavy atom. The first-order valence-electron chi connectivity index (χ1n) is 6.47. The second kappa shape index (κ2) is 5.57. The van der Waals surface area contributed by atoms with Crippen molar-refractivity contribution in [2.75, 3.05) is 10.6 Å². The summed E-state index contributed by atoms with van der Waals surface area (Å²) in [5.41, 5.74) is 2.15. The van der Waals surface area contributed by atoms with Crippen LogP contribution in [0.5, 0.6) is 5.75 Å². The zero-order valence-corrected chi connectivity index (χ0v) is 11.3. The molecule has 3 aromatic rings. The van der Waals surface area contributed by atoms with Crippen molar-refractivity contribution in [2.45, 2.75) is 0 Å². The van der Waals surface area contributed by atoms with Crippen LogP contribution in [-0.4, -0.2) is 26.9 Å². The molecule has 3 rings (SSSR count). The van der Waals surface area contributed by atoms with Gasteiger partial charge in [-0.1, -0.05) is 12.1 Å². The predicted octanol–water partition coefficient (Wildman–Crippen LogP) is 1.85. The monoisotopic (exact) mass is 296 g/mol. The Balaban J connectivity index is 1.70. The van der Waals surface area contributed by atoms with E-state index in [2.05, 4.69) is 20.6 Å². The highest BCUT2D eigenvalue weighted by Crippen LogP contribution is 2.21. The summed E-state index contributed by atoms with van der Waals surface area (Å²) < 4.78 is 0. The van der Waals surface area contributed by atoms with E-state index < -0.39 is 11.8 Å². The lowest BCUT2D eigenvalue weighted by molar-refractivity contribution is -0.133. The number of aromatic amines is 1. The number of anilines is 2. The second-order valence-corrected chi connectivity index (χ2v) is 4.56. The molecular formula is C15H12N4O3. The molecule has 4 N–H and O–H groups in total. The van der Waals surface area contributed by atoms with Crippen LogP contribution in [0.4, 0.5) is 11.4 Å². The van der Waals surface area contributed by atoms with Gasteiger partial charge in [0.05, 0.1) is 23.0 Å². The molecule has 1 aromatic heterocycles. The van der Waals surface area contributed by atoms with Crippen molar-refractivity contribution in [1.82, 2.24) is 9.97 Å². The number of benzene rings is 2. The summed E-state index contributed by atoms with van der Waals surface area (Å²) in [5.74, 6) is -1.81. The average Bonchev–Trinajstić information content (AvgIpc) is 2.97. The third-order valence-electron chi connectivity index (χ3n) is 3.04. The summed E-state index contributed by atoms with van der Waals surface area (Å²) in [7, 11) is 0. The predicted molar refractivity (Wildman–Crippen MR) is 81.5 cm³/mol. The topological polar surface area (TPSA) is 107 Å². The smallest absolute Gasteiger partial charge is 0.314 e. The summed E-state index contributed by atoms with van der Waals surface area (Å²) in [5, 5.41) is 14.4. The zero-order chi connectivity index (χ0) is 15.5. The number of hydrogen-bond acceptors (Lipinski definition) is 4. The van der Waals surface area contributed by atoms with Crippen molar-refractivity contribution in [3.8, 4) is 5.75 Å². The maximum Gasteiger partial charge on any atom is 0.314 e. The quantitative estimate of drug-likeness (QED) is 0.427. The first-order valence-corrected chi connectivity index (χ1v) is 6.47. The lowest BCUT2D eigenvalue weighted by atomic mass is 10.2. The molecule has 0 spiro atoms. The number of fused-ring (bicyclic) bond motifs is 1. The van der Waals surface area contributed by atoms with E-state index in [1.54, 1.807) is 36.7 Å². The fourth-order valence-corrected chi connectivity index (χ4v) is 1.96. The van der Waals surface area contributed by atoms with Gasteiger partial charge in [-0.25, -0.2) is 4.98 Å². The van der Waals surface area contributed by atoms with Gasteiger partial charge in [-0.15, -0.1) is 0 Å². The Morgan fingerprint density at radius 1 is 1.05 bits per heavy atom. The standard InChI is InChI=1S/C15H12N4O3/c20-13-4-2-1-3-11(13)19-15(22)14(21)18-9-5-6-10-12(7-9)17-8-16-10/h1-8,20H,(H,16,17)(H,18,21)(H,19,22). The molecule has 0 fully saturated rings. The highest BCUT2D eigenvalue weighted by atomic mass is 16.3. The second-order valence-electron chi connectivity index (χ2n) is 4.56. The maximum absolute atomic E-state index is 11.9. The summed E-state index contributed by atoms with van der Waals surface area (Å²) in [6.07, 6.45) is 1.54. The highest BCUT2D eigenvalue weighted by Gasteiger charge is 2.15. The number of carbonyl (C=O) groups excluding carboxylic acids is 2. The summed E-state index contributed by atoms with van der Waals surface area (Å²) >= 11 is 0. The molecule has 110 valence electrons. The minimum Gasteiger partial charge on any atom is -0.506 e. The molecule has 22 heavy (non-hydrogen) atoms. The van der Waals surface area contributed by atoms with Crippen molar-refractivity contribution in [3.63, 3.8) is 0 Å². The van der Waals surface area contributed by atoms with Crippen LogP contribution in [0.3, 0.4) is 0 Å². The van der Waals surface area contributed by atoms with Gasteiger partial charge in [-0.3, -0.25) is 9.59 Å². The summed E-state index contributed by atoms with van der Waals surface area (Å²) in [4.78, 5) is 30.7. The molecule has 0 aliphatic rings. The van der Waals surface area contributed by atoms with Gasteiger partial charge in [0.2, 0.25) is 0 Å². The number of amides is 2. The lowest BCUT2D eigenvalue weighted by Crippen LogP contribution is -2.29. The van der Waals surface area contributed by atoms with Crippen LogP contribution >= 0.6 is 0 Å². The lowest BCUT2D eigenvalue weighted by Gasteiger charge is -2.07. The van der Waals surface area contributed by atoms with E-state index >= 15 is 0 Å². The molecule has 0 saturated carbocycles. The van der Waals surface area contributed by atoms with Crippen LogP contribution in [0.2, 0.25) is 0 Å². The number of H-pyrrole nitrogens is 1. The molecular weight excluding hydrogens is 284 g/mol. The molecule has 0 atom stereocenters. The van der Waals surface area contributed by atoms with Gasteiger partial charge in [0.15, 0.2) is 0 Å². The molecule has 2 amide bonds. The van der Waals surface area contributed by atoms with Crippen LogP contribution in [0.25, 0.3) is 11.0 Å². The van der Waals surface area contributed by atoms with Crippen LogP contribution in [0.1, 0.15) is 0 Å². The van der Waals surface area contributed by atoms with E-state index in [0.29, 0.717) is 5.69 Å². The number of phenolic OH excluding ortho intramolecular Hbond substituents is 1. The molecule has 7 heteroatoms. The number of carbonyl (C=O) groups is 2. The molecule has 0 unspecified atom stereocenters. The minimum absolute atomic E-state index is 0.109. The van der Waals surface area contributed by atoms with Crippen LogP contribution in [0.15, 0.2) is 48.8 Å². The first kappa shape index (κ1) is 13.6. The zero-order valence-electron chi connectivity index (χ0n) is 11.3. The third kappa shape index (κ3) is 2.73. The normalized spacial score (nSPS) is 10.4. The number of aromatic nitrogens is 2. The van der Waals surface area contributed by atoms with Gasteiger partial charge in [0, 0.05) is 5.69 Å². The van der Waals surface area contributed by atoms with Gasteiger partial charge < -0.3 is 20.7 Å². The van der Waals surface area contributed by atoms with E-state index in [9.17, 15) is 14.7 Å². The summed E-state index contributed by atoms with van der Waals surface area (Å²) in [6.45, 7) is 0. The van der Waals surface area contributed by atoms with Gasteiger partial charge in [0.25, 0.3) is 0 Å². The molecule has 0 aliphatic carbocycles. The van der Waals surface area contributed by atoms with Crippen molar-refractivity contribution >= 4 is 34.2 Å². The number of hydrogen-bond donors (Lipinski definition) is 4. The van der Waals surface area contributed by atoms with E-state index in [0.717, 1.165) is 11.0 Å². The van der Waals surface area contributed by atoms with E-state index in [1.807, 2.05) is 0 Å². The van der Waals surface area contributed by atoms with Gasteiger partial charge >= 0.3 is 11.8 Å². The molecule has 7 nitrogen and oxygen atoms in total. The average molecular weight is 296 g/mol. The molecule has 2 aromatic carbocycles. The van der Waals surface area contributed by atoms with Crippen LogP contribution < -0.4 is 10.6 Å². The fourth-order valence-electron chi connectivity index (χ4n) is 1.96. The number of para-hydroxylation sites is 2. The first-order chi connectivity index (χ1) is 10.6. The number of nitrogens with zero attached hydrogens (tertiary/aromatic N) is 1. The van der Waals surface area contributed by atoms with Gasteiger partial charge in [-0.05, 0) is 30.3 Å². The van der Waals surface area contributed by atoms with Gasteiger partial charge in [-0.2, -0.15) is 0 Å². The number of aromatic hydroxyl groups is 1. The number of imidazole rings is 1. The maximum atomic E-state index is 11.9. The van der Waals surface area contributed by atoms with E-state index in [1.165, 1.54) is 12.1 Å². The molecule has 0 saturated heterocycles. The van der Waals surface area contributed by atoms with Gasteiger partial charge in [0.1, 0.15) is 5.75 Å². The SMILES string of the molecule is O=C(Nc1ccc2nc[nH]c2c1)C(=O)Nc1ccccc1O. The van der Waals surface area contributed by atoms with Crippen molar-refractivity contribution < 1.29 is 14.7 Å². The van der Waals surface area contributed by atoms with E-state index in [-0.39, 0.29) is 11.4 Å². The van der Waals surface area contributed by atoms with Crippen LogP contribution in [0, 0.1) is 0 Å². The third-order valence-corrected chi connectivity index (χ3v) is 3.04. The fraction of sp³-hybridized carbons (Fsp3) is 0.